The zero-order chi connectivity index (χ0) is 3.70. The van der Waals surface area contributed by atoms with E-state index in [4.69, 9.17) is 7.85 Å². The van der Waals surface area contributed by atoms with Crippen molar-refractivity contribution in [2.45, 2.75) is 12.2 Å². The first-order valence-electron chi connectivity index (χ1n) is 1.82. The molecule has 1 unspecified atom stereocenters. The largest absolute Gasteiger partial charge is 0.0938 e. The van der Waals surface area contributed by atoms with E-state index in [0.29, 0.717) is 5.82 Å². The lowest BCUT2D eigenvalue weighted by molar-refractivity contribution is 0.955. The van der Waals surface area contributed by atoms with Crippen molar-refractivity contribution in [2.75, 3.05) is 0 Å². The maximum absolute atomic E-state index is 5.29. The molecule has 0 saturated carbocycles. The van der Waals surface area contributed by atoms with E-state index in [9.17, 15) is 0 Å². The maximum atomic E-state index is 5.29. The molecule has 1 rings (SSSR count). The molecule has 0 N–H and O–H groups in total. The Bertz CT molecular complexity index is 56.7. The van der Waals surface area contributed by atoms with Crippen LogP contribution in [0.4, 0.5) is 0 Å². The first-order valence-corrected chi connectivity index (χ1v) is 1.82. The van der Waals surface area contributed by atoms with Crippen LogP contribution >= 0.6 is 0 Å². The molecule has 24 valence electrons. The fourth-order valence-corrected chi connectivity index (χ4v) is 0.293. The van der Waals surface area contributed by atoms with Crippen molar-refractivity contribution >= 4 is 7.85 Å². The summed E-state index contributed by atoms with van der Waals surface area (Å²) in [4.78, 5) is 0. The molecule has 0 fully saturated rings. The predicted molar refractivity (Wildman–Crippen MR) is 23.3 cm³/mol. The van der Waals surface area contributed by atoms with Crippen LogP contribution in [-0.2, 0) is 0 Å². The summed E-state index contributed by atoms with van der Waals surface area (Å²) < 4.78 is 0. The molecule has 1 aliphatic carbocycles. The molecule has 0 amide bonds. The fraction of sp³-hybridized carbons (Fsp3) is 0.500. The number of hydrogen-bond donors (Lipinski definition) is 0. The molecule has 0 heterocycles. The summed E-state index contributed by atoms with van der Waals surface area (Å²) in [6.45, 7) is 0. The van der Waals surface area contributed by atoms with Gasteiger partial charge in [-0.1, -0.05) is 18.0 Å². The van der Waals surface area contributed by atoms with Gasteiger partial charge >= 0.3 is 0 Å². The van der Waals surface area contributed by atoms with E-state index in [1.165, 1.54) is 0 Å². The molecule has 0 aromatic rings. The van der Waals surface area contributed by atoms with Crippen molar-refractivity contribution in [3.8, 4) is 0 Å². The summed E-state index contributed by atoms with van der Waals surface area (Å²) in [5, 5.41) is 0. The average molecular weight is 63.9 g/mol. The SMILES string of the molecule is [B]C1C=CC1. The second kappa shape index (κ2) is 0.888. The van der Waals surface area contributed by atoms with E-state index in [0.717, 1.165) is 6.42 Å². The molecule has 0 aromatic carbocycles. The van der Waals surface area contributed by atoms with Crippen LogP contribution in [-0.4, -0.2) is 7.85 Å². The summed E-state index contributed by atoms with van der Waals surface area (Å²) in [6, 6.07) is 0. The summed E-state index contributed by atoms with van der Waals surface area (Å²) in [7, 11) is 5.29. The standard InChI is InChI=1S/C4H5B/c5-4-2-1-3-4/h1-2,4H,3H2. The van der Waals surface area contributed by atoms with Crippen molar-refractivity contribution in [2.24, 2.45) is 0 Å². The highest BCUT2D eigenvalue weighted by atomic mass is 14.0. The van der Waals surface area contributed by atoms with Gasteiger partial charge in [0.1, 0.15) is 0 Å². The molecule has 0 nitrogen and oxygen atoms in total. The molecule has 1 heteroatoms. The van der Waals surface area contributed by atoms with Gasteiger partial charge in [0.25, 0.3) is 0 Å². The zero-order valence-electron chi connectivity index (χ0n) is 3.02. The quantitative estimate of drug-likeness (QED) is 0.290. The second-order valence-corrected chi connectivity index (χ2v) is 1.33. The highest BCUT2D eigenvalue weighted by Gasteiger charge is 1.98. The Morgan fingerprint density at radius 3 is 2.20 bits per heavy atom. The second-order valence-electron chi connectivity index (χ2n) is 1.33. The minimum atomic E-state index is 0.384. The Balaban J connectivity index is 2.39. The van der Waals surface area contributed by atoms with E-state index >= 15 is 0 Å². The fourth-order valence-electron chi connectivity index (χ4n) is 0.293. The Labute approximate surface area is 33.3 Å². The van der Waals surface area contributed by atoms with Crippen LogP contribution in [0.2, 0.25) is 5.82 Å². The van der Waals surface area contributed by atoms with Crippen LogP contribution in [0.15, 0.2) is 12.2 Å². The summed E-state index contributed by atoms with van der Waals surface area (Å²) in [5.74, 6) is 0.384. The molecule has 0 spiro atoms. The van der Waals surface area contributed by atoms with Crippen LogP contribution < -0.4 is 0 Å². The van der Waals surface area contributed by atoms with Crippen LogP contribution in [0.3, 0.4) is 0 Å². The van der Waals surface area contributed by atoms with E-state index in [2.05, 4.69) is 6.08 Å². The van der Waals surface area contributed by atoms with E-state index in [1.54, 1.807) is 0 Å². The van der Waals surface area contributed by atoms with Gasteiger partial charge in [-0.2, -0.15) is 0 Å². The monoisotopic (exact) mass is 64.0 g/mol. The third-order valence-electron chi connectivity index (χ3n) is 0.792. The van der Waals surface area contributed by atoms with Crippen LogP contribution in [0.1, 0.15) is 6.42 Å². The predicted octanol–water partition coefficient (Wildman–Crippen LogP) is 0.903. The third-order valence-corrected chi connectivity index (χ3v) is 0.792. The van der Waals surface area contributed by atoms with Crippen LogP contribution in [0, 0.1) is 0 Å². The van der Waals surface area contributed by atoms with Crippen molar-refractivity contribution in [1.82, 2.24) is 0 Å². The highest BCUT2D eigenvalue weighted by Crippen LogP contribution is 2.17. The van der Waals surface area contributed by atoms with Gasteiger partial charge < -0.3 is 0 Å². The first kappa shape index (κ1) is 3.01. The number of allylic oxidation sites excluding steroid dienone is 2. The van der Waals surface area contributed by atoms with Crippen molar-refractivity contribution in [3.63, 3.8) is 0 Å². The Morgan fingerprint density at radius 2 is 2.20 bits per heavy atom. The van der Waals surface area contributed by atoms with Gasteiger partial charge in [0, 0.05) is 0 Å². The minimum absolute atomic E-state index is 0.384. The van der Waals surface area contributed by atoms with Crippen LogP contribution in [0.25, 0.3) is 0 Å². The summed E-state index contributed by atoms with van der Waals surface area (Å²) >= 11 is 0. The highest BCUT2D eigenvalue weighted by molar-refractivity contribution is 6.13. The molecule has 2 radical (unpaired) electrons. The van der Waals surface area contributed by atoms with Crippen molar-refractivity contribution in [3.05, 3.63) is 12.2 Å². The Hall–Kier alpha value is -0.195. The molecule has 1 aliphatic rings. The molecule has 0 bridgehead atoms. The summed E-state index contributed by atoms with van der Waals surface area (Å²) in [5.41, 5.74) is 0. The zero-order valence-corrected chi connectivity index (χ0v) is 3.02. The molecule has 1 atom stereocenters. The van der Waals surface area contributed by atoms with Gasteiger partial charge in [-0.05, 0) is 6.42 Å². The third kappa shape index (κ3) is 0.368. The molecular weight excluding hydrogens is 58.9 g/mol. The van der Waals surface area contributed by atoms with Crippen molar-refractivity contribution in [1.29, 1.82) is 0 Å². The lowest BCUT2D eigenvalue weighted by Gasteiger charge is -2.08. The van der Waals surface area contributed by atoms with Gasteiger partial charge in [-0.15, -0.1) is 0 Å². The van der Waals surface area contributed by atoms with Gasteiger partial charge in [-0.3, -0.25) is 0 Å². The van der Waals surface area contributed by atoms with Crippen LogP contribution in [0.5, 0.6) is 0 Å². The van der Waals surface area contributed by atoms with E-state index in [-0.39, 0.29) is 0 Å². The first-order chi connectivity index (χ1) is 2.39. The normalized spacial score (nSPS) is 33.2. The van der Waals surface area contributed by atoms with Gasteiger partial charge in [0.15, 0.2) is 0 Å². The average Bonchev–Trinajstić information content (AvgIpc) is 1.30. The topological polar surface area (TPSA) is 0 Å². The lowest BCUT2D eigenvalue weighted by Crippen LogP contribution is -1.91. The van der Waals surface area contributed by atoms with E-state index in [1.807, 2.05) is 6.08 Å². The lowest BCUT2D eigenvalue weighted by atomic mass is 9.78. The number of rotatable bonds is 0. The Kier molecular flexibility index (Phi) is 0.535. The molecule has 0 aromatic heterocycles. The van der Waals surface area contributed by atoms with Gasteiger partial charge in [0.05, 0.1) is 7.85 Å². The minimum Gasteiger partial charge on any atom is -0.0938 e. The molecular formula is C4H5B. The summed E-state index contributed by atoms with van der Waals surface area (Å²) in [6.07, 6.45) is 5.16. The smallest absolute Gasteiger partial charge is 0.0759 e. The molecule has 0 saturated heterocycles. The molecule has 5 heavy (non-hydrogen) atoms. The number of hydrogen-bond acceptors (Lipinski definition) is 0. The van der Waals surface area contributed by atoms with Crippen molar-refractivity contribution < 1.29 is 0 Å². The van der Waals surface area contributed by atoms with Gasteiger partial charge in [0.2, 0.25) is 0 Å². The van der Waals surface area contributed by atoms with E-state index < -0.39 is 0 Å². The maximum Gasteiger partial charge on any atom is 0.0759 e. The Morgan fingerprint density at radius 1 is 1.80 bits per heavy atom. The molecule has 0 aliphatic heterocycles. The van der Waals surface area contributed by atoms with Gasteiger partial charge in [-0.25, -0.2) is 0 Å².